The molecule has 3 rings (SSSR count). The van der Waals surface area contributed by atoms with Crippen LogP contribution in [0, 0.1) is 6.92 Å². The van der Waals surface area contributed by atoms with E-state index in [0.717, 1.165) is 28.1 Å². The van der Waals surface area contributed by atoms with Crippen molar-refractivity contribution in [2.45, 2.75) is 26.9 Å². The summed E-state index contributed by atoms with van der Waals surface area (Å²) >= 11 is 12.5. The molecule has 2 N–H and O–H groups in total. The Hall–Kier alpha value is -1.66. The van der Waals surface area contributed by atoms with E-state index in [1.807, 2.05) is 19.9 Å². The summed E-state index contributed by atoms with van der Waals surface area (Å²) < 4.78 is 5.39. The van der Waals surface area contributed by atoms with Crippen molar-refractivity contribution in [1.82, 2.24) is 9.88 Å². The molecular formula is C19H21Cl2N3O2. The first-order chi connectivity index (χ1) is 12.5. The molecule has 1 aromatic heterocycles. The minimum atomic E-state index is -0.0667. The van der Waals surface area contributed by atoms with Crippen LogP contribution in [0.1, 0.15) is 34.2 Å². The van der Waals surface area contributed by atoms with Gasteiger partial charge in [0.2, 0.25) is 0 Å². The van der Waals surface area contributed by atoms with Gasteiger partial charge in [0.25, 0.3) is 5.91 Å². The molecule has 1 aliphatic rings. The van der Waals surface area contributed by atoms with E-state index in [1.165, 1.54) is 0 Å². The predicted octanol–water partition coefficient (Wildman–Crippen LogP) is 3.81. The largest absolute Gasteiger partial charge is 0.380 e. The Morgan fingerprint density at radius 3 is 2.73 bits per heavy atom. The highest BCUT2D eigenvalue weighted by Gasteiger charge is 2.34. The maximum absolute atomic E-state index is 13.1. The number of nitrogens with zero attached hydrogens (tertiary/aromatic N) is 2. The third kappa shape index (κ3) is 3.45. The van der Waals surface area contributed by atoms with Gasteiger partial charge in [0, 0.05) is 46.6 Å². The second-order valence-corrected chi connectivity index (χ2v) is 6.97. The van der Waals surface area contributed by atoms with Gasteiger partial charge in [0.15, 0.2) is 0 Å². The summed E-state index contributed by atoms with van der Waals surface area (Å²) in [5.41, 5.74) is 10.5. The molecule has 0 aliphatic carbocycles. The number of carbonyl (C=O) groups is 1. The molecule has 2 heterocycles. The third-order valence-corrected chi connectivity index (χ3v) is 5.08. The molecule has 0 spiro atoms. The molecule has 0 fully saturated rings. The van der Waals surface area contributed by atoms with Gasteiger partial charge in [0.1, 0.15) is 0 Å². The standard InChI is InChI=1S/C19H21Cl2N3O2/c1-3-26-7-6-24-10-16-18(19(24)25)17(14(9-22)11(2)23-16)13-5-4-12(20)8-15(13)21/h4-5,8H,3,6-7,9-10,22H2,1-2H3. The van der Waals surface area contributed by atoms with Gasteiger partial charge in [-0.15, -0.1) is 0 Å². The van der Waals surface area contributed by atoms with Crippen LogP contribution in [0.15, 0.2) is 18.2 Å². The fourth-order valence-electron chi connectivity index (χ4n) is 3.30. The molecule has 0 atom stereocenters. The number of amides is 1. The number of pyridine rings is 1. The van der Waals surface area contributed by atoms with Gasteiger partial charge in [-0.1, -0.05) is 29.3 Å². The minimum absolute atomic E-state index is 0.0667. The average molecular weight is 394 g/mol. The summed E-state index contributed by atoms with van der Waals surface area (Å²) in [7, 11) is 0. The van der Waals surface area contributed by atoms with Crippen molar-refractivity contribution < 1.29 is 9.53 Å². The van der Waals surface area contributed by atoms with Crippen LogP contribution in [0.5, 0.6) is 0 Å². The van der Waals surface area contributed by atoms with Crippen LogP contribution in [0.3, 0.4) is 0 Å². The highest BCUT2D eigenvalue weighted by atomic mass is 35.5. The first-order valence-electron chi connectivity index (χ1n) is 8.52. The van der Waals surface area contributed by atoms with Gasteiger partial charge in [-0.2, -0.15) is 0 Å². The molecule has 26 heavy (non-hydrogen) atoms. The van der Waals surface area contributed by atoms with Gasteiger partial charge in [0.05, 0.1) is 24.4 Å². The highest BCUT2D eigenvalue weighted by Crippen LogP contribution is 2.39. The second kappa shape index (κ2) is 7.92. The minimum Gasteiger partial charge on any atom is -0.380 e. The number of hydrogen-bond acceptors (Lipinski definition) is 4. The maximum Gasteiger partial charge on any atom is 0.256 e. The zero-order valence-electron chi connectivity index (χ0n) is 14.8. The lowest BCUT2D eigenvalue weighted by Gasteiger charge is -2.17. The van der Waals surface area contributed by atoms with Crippen LogP contribution in [-0.2, 0) is 17.8 Å². The molecular weight excluding hydrogens is 373 g/mol. The van der Waals surface area contributed by atoms with Gasteiger partial charge in [-0.25, -0.2) is 0 Å². The number of nitrogens with two attached hydrogens (primary N) is 1. The SMILES string of the molecule is CCOCCN1Cc2nc(C)c(CN)c(-c3ccc(Cl)cc3Cl)c2C1=O. The van der Waals surface area contributed by atoms with Gasteiger partial charge < -0.3 is 15.4 Å². The smallest absolute Gasteiger partial charge is 0.256 e. The van der Waals surface area contributed by atoms with Crippen LogP contribution in [0.4, 0.5) is 0 Å². The van der Waals surface area contributed by atoms with Crippen molar-refractivity contribution in [3.8, 4) is 11.1 Å². The maximum atomic E-state index is 13.1. The van der Waals surface area contributed by atoms with E-state index in [-0.39, 0.29) is 12.5 Å². The molecule has 1 aromatic carbocycles. The number of benzene rings is 1. The number of hydrogen-bond donors (Lipinski definition) is 1. The Labute approximate surface area is 163 Å². The van der Waals surface area contributed by atoms with Crippen LogP contribution >= 0.6 is 23.2 Å². The zero-order chi connectivity index (χ0) is 18.8. The lowest BCUT2D eigenvalue weighted by molar-refractivity contribution is 0.0680. The third-order valence-electron chi connectivity index (χ3n) is 4.54. The molecule has 1 amide bonds. The summed E-state index contributed by atoms with van der Waals surface area (Å²) in [6.07, 6.45) is 0. The van der Waals surface area contributed by atoms with Gasteiger partial charge in [-0.05, 0) is 31.5 Å². The van der Waals surface area contributed by atoms with Crippen molar-refractivity contribution in [3.63, 3.8) is 0 Å². The Balaban J connectivity index is 2.13. The van der Waals surface area contributed by atoms with Gasteiger partial charge in [-0.3, -0.25) is 9.78 Å². The number of aromatic nitrogens is 1. The molecule has 0 saturated heterocycles. The zero-order valence-corrected chi connectivity index (χ0v) is 16.3. The average Bonchev–Trinajstić information content (AvgIpc) is 2.90. The molecule has 0 bridgehead atoms. The van der Waals surface area contributed by atoms with E-state index in [4.69, 9.17) is 33.7 Å². The molecule has 138 valence electrons. The Bertz CT molecular complexity index is 855. The summed E-state index contributed by atoms with van der Waals surface area (Å²) in [4.78, 5) is 19.4. The van der Waals surface area contributed by atoms with Crippen molar-refractivity contribution in [2.75, 3.05) is 19.8 Å². The van der Waals surface area contributed by atoms with E-state index >= 15 is 0 Å². The molecule has 0 radical (unpaired) electrons. The molecule has 0 unspecified atom stereocenters. The number of halogens is 2. The van der Waals surface area contributed by atoms with Crippen LogP contribution < -0.4 is 5.73 Å². The quantitative estimate of drug-likeness (QED) is 0.757. The number of fused-ring (bicyclic) bond motifs is 1. The fourth-order valence-corrected chi connectivity index (χ4v) is 3.80. The fraction of sp³-hybridized carbons (Fsp3) is 0.368. The second-order valence-electron chi connectivity index (χ2n) is 6.12. The Kier molecular flexibility index (Phi) is 5.82. The van der Waals surface area contributed by atoms with Crippen LogP contribution in [0.2, 0.25) is 10.0 Å². The number of rotatable bonds is 6. The molecule has 1 aliphatic heterocycles. The number of carbonyl (C=O) groups excluding carboxylic acids is 1. The van der Waals surface area contributed by atoms with E-state index in [9.17, 15) is 4.79 Å². The highest BCUT2D eigenvalue weighted by molar-refractivity contribution is 6.36. The summed E-state index contributed by atoms with van der Waals surface area (Å²) in [6.45, 7) is 6.21. The molecule has 5 nitrogen and oxygen atoms in total. The Morgan fingerprint density at radius 1 is 1.31 bits per heavy atom. The number of aryl methyl sites for hydroxylation is 1. The van der Waals surface area contributed by atoms with Crippen molar-refractivity contribution in [3.05, 3.63) is 50.8 Å². The predicted molar refractivity (Wildman–Crippen MR) is 104 cm³/mol. The summed E-state index contributed by atoms with van der Waals surface area (Å²) in [5.74, 6) is -0.0667. The first kappa shape index (κ1) is 19.1. The first-order valence-corrected chi connectivity index (χ1v) is 9.28. The van der Waals surface area contributed by atoms with E-state index in [1.54, 1.807) is 17.0 Å². The van der Waals surface area contributed by atoms with E-state index in [0.29, 0.717) is 41.9 Å². The topological polar surface area (TPSA) is 68.4 Å². The Morgan fingerprint density at radius 2 is 2.08 bits per heavy atom. The molecule has 7 heteroatoms. The van der Waals surface area contributed by atoms with Crippen molar-refractivity contribution >= 4 is 29.1 Å². The van der Waals surface area contributed by atoms with Crippen molar-refractivity contribution in [2.24, 2.45) is 5.73 Å². The van der Waals surface area contributed by atoms with Gasteiger partial charge >= 0.3 is 0 Å². The summed E-state index contributed by atoms with van der Waals surface area (Å²) in [6, 6.07) is 5.26. The number of ether oxygens (including phenoxy) is 1. The molecule has 0 saturated carbocycles. The monoisotopic (exact) mass is 393 g/mol. The lowest BCUT2D eigenvalue weighted by Crippen LogP contribution is -2.28. The van der Waals surface area contributed by atoms with E-state index < -0.39 is 0 Å². The summed E-state index contributed by atoms with van der Waals surface area (Å²) in [5, 5.41) is 1.03. The molecule has 2 aromatic rings. The van der Waals surface area contributed by atoms with Crippen LogP contribution in [-0.4, -0.2) is 35.5 Å². The van der Waals surface area contributed by atoms with Crippen LogP contribution in [0.25, 0.3) is 11.1 Å². The van der Waals surface area contributed by atoms with E-state index in [2.05, 4.69) is 4.98 Å². The van der Waals surface area contributed by atoms with Crippen molar-refractivity contribution in [1.29, 1.82) is 0 Å². The lowest BCUT2D eigenvalue weighted by atomic mass is 9.93. The normalized spacial score (nSPS) is 13.4.